The van der Waals surface area contributed by atoms with Gasteiger partial charge in [0.25, 0.3) is 0 Å². The molecule has 0 spiro atoms. The van der Waals surface area contributed by atoms with Gasteiger partial charge < -0.3 is 10.1 Å². The summed E-state index contributed by atoms with van der Waals surface area (Å²) in [4.78, 5) is 2.10. The lowest BCUT2D eigenvalue weighted by molar-refractivity contribution is 0.455. The van der Waals surface area contributed by atoms with E-state index in [4.69, 9.17) is 4.74 Å². The topological polar surface area (TPSA) is 21.3 Å². The number of ether oxygens (including phenoxy) is 1. The van der Waals surface area contributed by atoms with Gasteiger partial charge in [-0.05, 0) is 42.5 Å². The highest BCUT2D eigenvalue weighted by Gasteiger charge is 2.17. The number of nitrogens with one attached hydrogen (secondary N) is 1. The average Bonchev–Trinajstić information content (AvgIpc) is 2.60. The van der Waals surface area contributed by atoms with Crippen LogP contribution >= 0.6 is 11.8 Å². The molecule has 1 aliphatic rings. The molecule has 3 aromatic carbocycles. The van der Waals surface area contributed by atoms with E-state index in [-0.39, 0.29) is 12.1 Å². The Labute approximate surface area is 142 Å². The highest BCUT2D eigenvalue weighted by molar-refractivity contribution is 7.99. The average molecular weight is 341 g/mol. The number of benzene rings is 3. The van der Waals surface area contributed by atoms with E-state index in [1.165, 1.54) is 6.07 Å². The first-order valence-electron chi connectivity index (χ1n) is 7.45. The van der Waals surface area contributed by atoms with Crippen molar-refractivity contribution in [2.45, 2.75) is 16.3 Å². The summed E-state index contributed by atoms with van der Waals surface area (Å²) in [7, 11) is 0. The number of halogens is 2. The maximum Gasteiger partial charge on any atom is 0.143 e. The first kappa shape index (κ1) is 15.0. The van der Waals surface area contributed by atoms with Crippen LogP contribution in [0, 0.1) is 11.6 Å². The Morgan fingerprint density at radius 2 is 1.71 bits per heavy atom. The van der Waals surface area contributed by atoms with Crippen molar-refractivity contribution in [1.82, 2.24) is 0 Å². The Morgan fingerprint density at radius 1 is 0.875 bits per heavy atom. The minimum absolute atomic E-state index is 0.201. The lowest BCUT2D eigenvalue weighted by Gasteiger charge is -2.20. The van der Waals surface area contributed by atoms with E-state index < -0.39 is 11.6 Å². The predicted octanol–water partition coefficient (Wildman–Crippen LogP) is 5.83. The molecule has 0 atom stereocenters. The van der Waals surface area contributed by atoms with Gasteiger partial charge in [-0.15, -0.1) is 0 Å². The van der Waals surface area contributed by atoms with E-state index >= 15 is 0 Å². The van der Waals surface area contributed by atoms with Crippen LogP contribution in [0.2, 0.25) is 0 Å². The maximum atomic E-state index is 13.7. The van der Waals surface area contributed by atoms with Gasteiger partial charge in [-0.3, -0.25) is 0 Å². The van der Waals surface area contributed by atoms with E-state index in [2.05, 4.69) is 5.32 Å². The highest BCUT2D eigenvalue weighted by Crippen LogP contribution is 2.47. The Bertz CT molecular complexity index is 914. The summed E-state index contributed by atoms with van der Waals surface area (Å²) in [5, 5.41) is 3.11. The van der Waals surface area contributed by atoms with Gasteiger partial charge in [-0.2, -0.15) is 0 Å². The van der Waals surface area contributed by atoms with Crippen molar-refractivity contribution in [3.8, 4) is 11.5 Å². The van der Waals surface area contributed by atoms with Gasteiger partial charge >= 0.3 is 0 Å². The summed E-state index contributed by atoms with van der Waals surface area (Å²) in [5.74, 6) is 0.698. The van der Waals surface area contributed by atoms with E-state index in [0.29, 0.717) is 0 Å². The van der Waals surface area contributed by atoms with Gasteiger partial charge in [0.15, 0.2) is 0 Å². The van der Waals surface area contributed by atoms with Crippen molar-refractivity contribution < 1.29 is 13.5 Å². The summed E-state index contributed by atoms with van der Waals surface area (Å²) in [6.07, 6.45) is 0. The van der Waals surface area contributed by atoms with Crippen LogP contribution in [-0.4, -0.2) is 0 Å². The molecule has 120 valence electrons. The molecule has 0 unspecified atom stereocenters. The molecule has 0 amide bonds. The number of fused-ring (bicyclic) bond motifs is 2. The molecule has 1 heterocycles. The highest BCUT2D eigenvalue weighted by atomic mass is 32.2. The summed E-state index contributed by atoms with van der Waals surface area (Å²) in [6.45, 7) is 0.201. The zero-order valence-corrected chi connectivity index (χ0v) is 13.4. The number of anilines is 1. The fraction of sp³-hybridized carbons (Fsp3) is 0.0526. The van der Waals surface area contributed by atoms with Crippen LogP contribution < -0.4 is 10.1 Å². The predicted molar refractivity (Wildman–Crippen MR) is 90.8 cm³/mol. The van der Waals surface area contributed by atoms with Gasteiger partial charge in [0.05, 0.1) is 9.79 Å². The second-order valence-electron chi connectivity index (χ2n) is 5.40. The van der Waals surface area contributed by atoms with Gasteiger partial charge in [0, 0.05) is 23.9 Å². The molecule has 0 saturated carbocycles. The minimum atomic E-state index is -0.449. The van der Waals surface area contributed by atoms with E-state index in [9.17, 15) is 8.78 Å². The van der Waals surface area contributed by atoms with Crippen molar-refractivity contribution in [1.29, 1.82) is 0 Å². The maximum absolute atomic E-state index is 13.7. The molecular formula is C19H13F2NOS. The lowest BCUT2D eigenvalue weighted by Crippen LogP contribution is -2.03. The van der Waals surface area contributed by atoms with Gasteiger partial charge in [0.1, 0.15) is 23.1 Å². The molecule has 1 aliphatic heterocycles. The standard InChI is InChI=1S/C19H13F2NOS/c20-13-5-7-15(21)12(9-13)11-22-14-6-8-19-17(10-14)23-16-3-1-2-4-18(16)24-19/h1-10,22H,11H2. The minimum Gasteiger partial charge on any atom is -0.455 e. The van der Waals surface area contributed by atoms with Crippen LogP contribution in [0.25, 0.3) is 0 Å². The molecule has 0 saturated heterocycles. The molecule has 24 heavy (non-hydrogen) atoms. The monoisotopic (exact) mass is 341 g/mol. The normalized spacial score (nSPS) is 12.1. The molecule has 0 aromatic heterocycles. The summed E-state index contributed by atoms with van der Waals surface area (Å²) >= 11 is 1.65. The molecule has 5 heteroatoms. The molecule has 2 nitrogen and oxygen atoms in total. The van der Waals surface area contributed by atoms with Crippen LogP contribution in [0.3, 0.4) is 0 Å². The molecular weight excluding hydrogens is 328 g/mol. The molecule has 1 N–H and O–H groups in total. The van der Waals surface area contributed by atoms with E-state index in [1.54, 1.807) is 11.8 Å². The number of hydrogen-bond donors (Lipinski definition) is 1. The van der Waals surface area contributed by atoms with E-state index in [1.807, 2.05) is 42.5 Å². The molecule has 0 fully saturated rings. The van der Waals surface area contributed by atoms with Crippen LogP contribution in [0.1, 0.15) is 5.56 Å². The zero-order chi connectivity index (χ0) is 16.5. The Kier molecular flexibility index (Phi) is 3.86. The molecule has 4 rings (SSSR count). The third kappa shape index (κ3) is 2.95. The van der Waals surface area contributed by atoms with Crippen molar-refractivity contribution in [3.63, 3.8) is 0 Å². The lowest BCUT2D eigenvalue weighted by atomic mass is 10.2. The van der Waals surface area contributed by atoms with Crippen LogP contribution in [0.5, 0.6) is 11.5 Å². The first-order valence-corrected chi connectivity index (χ1v) is 8.27. The Hall–Kier alpha value is -2.53. The first-order chi connectivity index (χ1) is 11.7. The third-order valence-corrected chi connectivity index (χ3v) is 4.84. The zero-order valence-electron chi connectivity index (χ0n) is 12.6. The van der Waals surface area contributed by atoms with Crippen molar-refractivity contribution in [2.75, 3.05) is 5.32 Å². The number of hydrogen-bond acceptors (Lipinski definition) is 3. The van der Waals surface area contributed by atoms with E-state index in [0.717, 1.165) is 39.1 Å². The van der Waals surface area contributed by atoms with Crippen LogP contribution in [0.4, 0.5) is 14.5 Å². The fourth-order valence-corrected chi connectivity index (χ4v) is 3.45. The molecule has 0 radical (unpaired) electrons. The number of para-hydroxylation sites is 1. The summed E-state index contributed by atoms with van der Waals surface area (Å²) in [5.41, 5.74) is 1.07. The van der Waals surface area contributed by atoms with Crippen molar-refractivity contribution in [3.05, 3.63) is 77.9 Å². The van der Waals surface area contributed by atoms with Crippen LogP contribution in [-0.2, 0) is 6.54 Å². The largest absolute Gasteiger partial charge is 0.455 e. The summed E-state index contributed by atoms with van der Waals surface area (Å²) < 4.78 is 32.8. The quantitative estimate of drug-likeness (QED) is 0.506. The SMILES string of the molecule is Fc1ccc(F)c(CNc2ccc3c(c2)Oc2ccccc2S3)c1. The third-order valence-electron chi connectivity index (χ3n) is 3.72. The van der Waals surface area contributed by atoms with Crippen molar-refractivity contribution >= 4 is 17.4 Å². The molecule has 3 aromatic rings. The molecule has 0 aliphatic carbocycles. The second kappa shape index (κ2) is 6.17. The van der Waals surface area contributed by atoms with Crippen molar-refractivity contribution in [2.24, 2.45) is 0 Å². The van der Waals surface area contributed by atoms with Gasteiger partial charge in [-0.1, -0.05) is 23.9 Å². The summed E-state index contributed by atoms with van der Waals surface area (Å²) in [6, 6.07) is 17.0. The second-order valence-corrected chi connectivity index (χ2v) is 6.49. The molecule has 0 bridgehead atoms. The van der Waals surface area contributed by atoms with Gasteiger partial charge in [0.2, 0.25) is 0 Å². The Morgan fingerprint density at radius 3 is 2.62 bits per heavy atom. The Balaban J connectivity index is 1.53. The van der Waals surface area contributed by atoms with Crippen LogP contribution in [0.15, 0.2) is 70.5 Å². The smallest absolute Gasteiger partial charge is 0.143 e. The number of rotatable bonds is 3. The fourth-order valence-electron chi connectivity index (χ4n) is 2.51. The van der Waals surface area contributed by atoms with Gasteiger partial charge in [-0.25, -0.2) is 8.78 Å².